The standard InChI is InChI=1S/C22H28N2O4/c1-16(25)12-22(27)24-11-10-23(18-8-9-21(28-2)20(26)14-18)15-19(24)13-17-6-4-3-5-7-17/h3-9,14,16,19,25-26H,10-13,15H2,1-2H3/t16-,19+/m1/s1. The van der Waals surface area contributed by atoms with Crippen molar-refractivity contribution in [1.29, 1.82) is 0 Å². The number of carbonyl (C=O) groups is 1. The number of hydrogen-bond donors (Lipinski definition) is 2. The molecule has 0 aromatic heterocycles. The zero-order valence-electron chi connectivity index (χ0n) is 16.4. The van der Waals surface area contributed by atoms with E-state index in [1.54, 1.807) is 19.1 Å². The molecule has 6 heteroatoms. The number of ether oxygens (including phenoxy) is 1. The number of phenolic OH excluding ortho intramolecular Hbond substituents is 1. The van der Waals surface area contributed by atoms with Gasteiger partial charge in [-0.05, 0) is 31.0 Å². The number of benzene rings is 2. The van der Waals surface area contributed by atoms with E-state index in [4.69, 9.17) is 4.74 Å². The smallest absolute Gasteiger partial charge is 0.225 e. The van der Waals surface area contributed by atoms with Crippen LogP contribution < -0.4 is 9.64 Å². The number of rotatable bonds is 6. The molecule has 1 fully saturated rings. The van der Waals surface area contributed by atoms with Gasteiger partial charge < -0.3 is 24.7 Å². The summed E-state index contributed by atoms with van der Waals surface area (Å²) in [6, 6.07) is 15.5. The molecular weight excluding hydrogens is 356 g/mol. The molecule has 2 aromatic carbocycles. The van der Waals surface area contributed by atoms with Gasteiger partial charge in [-0.1, -0.05) is 30.3 Å². The molecular formula is C22H28N2O4. The summed E-state index contributed by atoms with van der Waals surface area (Å²) < 4.78 is 5.13. The van der Waals surface area contributed by atoms with E-state index in [-0.39, 0.29) is 24.1 Å². The lowest BCUT2D eigenvalue weighted by molar-refractivity contribution is -0.135. The fourth-order valence-electron chi connectivity index (χ4n) is 3.72. The number of phenols is 1. The number of aliphatic hydroxyl groups is 1. The average Bonchev–Trinajstić information content (AvgIpc) is 2.68. The zero-order valence-corrected chi connectivity index (χ0v) is 16.4. The summed E-state index contributed by atoms with van der Waals surface area (Å²) in [4.78, 5) is 16.7. The van der Waals surface area contributed by atoms with E-state index < -0.39 is 6.10 Å². The van der Waals surface area contributed by atoms with Crippen molar-refractivity contribution in [2.45, 2.75) is 31.9 Å². The zero-order chi connectivity index (χ0) is 20.1. The van der Waals surface area contributed by atoms with E-state index in [1.165, 1.54) is 12.7 Å². The van der Waals surface area contributed by atoms with E-state index in [0.717, 1.165) is 12.1 Å². The first-order chi connectivity index (χ1) is 13.5. The highest BCUT2D eigenvalue weighted by Gasteiger charge is 2.31. The molecule has 0 unspecified atom stereocenters. The molecule has 0 radical (unpaired) electrons. The van der Waals surface area contributed by atoms with Crippen molar-refractivity contribution in [2.24, 2.45) is 0 Å². The Kier molecular flexibility index (Phi) is 6.41. The molecule has 0 saturated carbocycles. The average molecular weight is 384 g/mol. The minimum atomic E-state index is -0.651. The maximum absolute atomic E-state index is 12.7. The predicted octanol–water partition coefficient (Wildman–Crippen LogP) is 2.43. The Bertz CT molecular complexity index is 794. The van der Waals surface area contributed by atoms with Gasteiger partial charge in [-0.15, -0.1) is 0 Å². The molecule has 150 valence electrons. The minimum absolute atomic E-state index is 0.00774. The molecule has 1 amide bonds. The highest BCUT2D eigenvalue weighted by Crippen LogP contribution is 2.31. The number of hydrogen-bond acceptors (Lipinski definition) is 5. The van der Waals surface area contributed by atoms with E-state index in [2.05, 4.69) is 17.0 Å². The van der Waals surface area contributed by atoms with Crippen LogP contribution in [0.25, 0.3) is 0 Å². The first kappa shape index (κ1) is 20.0. The predicted molar refractivity (Wildman–Crippen MR) is 109 cm³/mol. The second kappa shape index (κ2) is 8.97. The molecule has 3 rings (SSSR count). The molecule has 1 aliphatic heterocycles. The summed E-state index contributed by atoms with van der Waals surface area (Å²) in [6.07, 6.45) is 0.223. The van der Waals surface area contributed by atoms with Gasteiger partial charge >= 0.3 is 0 Å². The minimum Gasteiger partial charge on any atom is -0.504 e. The molecule has 2 atom stereocenters. The topological polar surface area (TPSA) is 73.2 Å². The Morgan fingerprint density at radius 3 is 2.61 bits per heavy atom. The number of amides is 1. The van der Waals surface area contributed by atoms with Crippen molar-refractivity contribution in [2.75, 3.05) is 31.6 Å². The Morgan fingerprint density at radius 2 is 1.96 bits per heavy atom. The molecule has 6 nitrogen and oxygen atoms in total. The number of piperazine rings is 1. The molecule has 0 aliphatic carbocycles. The fourth-order valence-corrected chi connectivity index (χ4v) is 3.72. The number of methoxy groups -OCH3 is 1. The van der Waals surface area contributed by atoms with Gasteiger partial charge in [0.2, 0.25) is 5.91 Å². The molecule has 1 saturated heterocycles. The Hall–Kier alpha value is -2.73. The van der Waals surface area contributed by atoms with Gasteiger partial charge in [0.1, 0.15) is 0 Å². The quantitative estimate of drug-likeness (QED) is 0.800. The van der Waals surface area contributed by atoms with Crippen LogP contribution in [-0.2, 0) is 11.2 Å². The second-order valence-electron chi connectivity index (χ2n) is 7.29. The third-order valence-electron chi connectivity index (χ3n) is 5.11. The van der Waals surface area contributed by atoms with Gasteiger partial charge in [-0.3, -0.25) is 4.79 Å². The summed E-state index contributed by atoms with van der Waals surface area (Å²) in [5.41, 5.74) is 2.07. The van der Waals surface area contributed by atoms with Crippen molar-refractivity contribution in [3.05, 3.63) is 54.1 Å². The lowest BCUT2D eigenvalue weighted by atomic mass is 10.0. The highest BCUT2D eigenvalue weighted by atomic mass is 16.5. The number of anilines is 1. The summed E-state index contributed by atoms with van der Waals surface area (Å²) in [6.45, 7) is 3.55. The molecule has 28 heavy (non-hydrogen) atoms. The van der Waals surface area contributed by atoms with E-state index in [1.807, 2.05) is 29.2 Å². The van der Waals surface area contributed by atoms with Crippen molar-refractivity contribution in [1.82, 2.24) is 4.90 Å². The number of aliphatic hydroxyl groups excluding tert-OH is 1. The largest absolute Gasteiger partial charge is 0.504 e. The maximum Gasteiger partial charge on any atom is 0.225 e. The number of nitrogens with zero attached hydrogens (tertiary/aromatic N) is 2. The summed E-state index contributed by atoms with van der Waals surface area (Å²) >= 11 is 0. The Labute approximate surface area is 166 Å². The van der Waals surface area contributed by atoms with Crippen LogP contribution in [0.4, 0.5) is 5.69 Å². The lowest BCUT2D eigenvalue weighted by Crippen LogP contribution is -2.56. The number of aromatic hydroxyl groups is 1. The van der Waals surface area contributed by atoms with Gasteiger partial charge in [0.05, 0.1) is 25.7 Å². The van der Waals surface area contributed by atoms with E-state index >= 15 is 0 Å². The molecule has 0 bridgehead atoms. The van der Waals surface area contributed by atoms with Crippen LogP contribution in [0.15, 0.2) is 48.5 Å². The monoisotopic (exact) mass is 384 g/mol. The molecule has 1 heterocycles. The summed E-state index contributed by atoms with van der Waals surface area (Å²) in [5.74, 6) is 0.524. The fraction of sp³-hybridized carbons (Fsp3) is 0.409. The Morgan fingerprint density at radius 1 is 1.21 bits per heavy atom. The molecule has 1 aliphatic rings. The van der Waals surface area contributed by atoms with Gasteiger partial charge in [-0.25, -0.2) is 0 Å². The Balaban J connectivity index is 1.80. The van der Waals surface area contributed by atoms with Gasteiger partial charge in [-0.2, -0.15) is 0 Å². The van der Waals surface area contributed by atoms with Gasteiger partial charge in [0.15, 0.2) is 11.5 Å². The third kappa shape index (κ3) is 4.75. The van der Waals surface area contributed by atoms with E-state index in [9.17, 15) is 15.0 Å². The number of carbonyl (C=O) groups excluding carboxylic acids is 1. The molecule has 0 spiro atoms. The molecule has 2 N–H and O–H groups in total. The highest BCUT2D eigenvalue weighted by molar-refractivity contribution is 5.77. The first-order valence-electron chi connectivity index (χ1n) is 9.61. The van der Waals surface area contributed by atoms with Gasteiger partial charge in [0, 0.05) is 31.4 Å². The SMILES string of the molecule is COc1ccc(N2CCN(C(=O)C[C@@H](C)O)[C@@H](Cc3ccccc3)C2)cc1O. The van der Waals surface area contributed by atoms with Crippen LogP contribution in [0.2, 0.25) is 0 Å². The van der Waals surface area contributed by atoms with Gasteiger partial charge in [0.25, 0.3) is 0 Å². The molecule has 2 aromatic rings. The van der Waals surface area contributed by atoms with Crippen molar-refractivity contribution in [3.8, 4) is 11.5 Å². The summed E-state index contributed by atoms with van der Waals surface area (Å²) in [7, 11) is 1.52. The van der Waals surface area contributed by atoms with Crippen molar-refractivity contribution in [3.63, 3.8) is 0 Å². The first-order valence-corrected chi connectivity index (χ1v) is 9.61. The maximum atomic E-state index is 12.7. The van der Waals surface area contributed by atoms with Crippen LogP contribution in [0.3, 0.4) is 0 Å². The van der Waals surface area contributed by atoms with Crippen LogP contribution in [0.5, 0.6) is 11.5 Å². The van der Waals surface area contributed by atoms with Crippen molar-refractivity contribution >= 4 is 11.6 Å². The van der Waals surface area contributed by atoms with Crippen LogP contribution in [0.1, 0.15) is 18.9 Å². The normalized spacial score (nSPS) is 18.0. The van der Waals surface area contributed by atoms with Crippen LogP contribution >= 0.6 is 0 Å². The van der Waals surface area contributed by atoms with Crippen LogP contribution in [-0.4, -0.2) is 59.9 Å². The lowest BCUT2D eigenvalue weighted by Gasteiger charge is -2.43. The van der Waals surface area contributed by atoms with E-state index in [0.29, 0.717) is 25.4 Å². The third-order valence-corrected chi connectivity index (χ3v) is 5.11. The van der Waals surface area contributed by atoms with Crippen molar-refractivity contribution < 1.29 is 19.7 Å². The summed E-state index contributed by atoms with van der Waals surface area (Å²) in [5, 5.41) is 19.8. The van der Waals surface area contributed by atoms with Crippen LogP contribution in [0, 0.1) is 0 Å². The second-order valence-corrected chi connectivity index (χ2v) is 7.29.